The number of hydrogen-bond donors (Lipinski definition) is 2. The van der Waals surface area contributed by atoms with E-state index in [1.807, 2.05) is 6.07 Å². The summed E-state index contributed by atoms with van der Waals surface area (Å²) in [4.78, 5) is 26.8. The molecule has 0 unspecified atom stereocenters. The van der Waals surface area contributed by atoms with Crippen LogP contribution in [0.25, 0.3) is 0 Å². The van der Waals surface area contributed by atoms with Gasteiger partial charge in [0.05, 0.1) is 0 Å². The number of phenols is 1. The summed E-state index contributed by atoms with van der Waals surface area (Å²) in [6.45, 7) is 7.69. The second-order valence-corrected chi connectivity index (χ2v) is 10.6. The molecule has 2 bridgehead atoms. The molecule has 2 fully saturated rings. The van der Waals surface area contributed by atoms with Crippen LogP contribution in [-0.4, -0.2) is 34.4 Å². The number of primary amides is 1. The second-order valence-electron chi connectivity index (χ2n) is 10.6. The molecule has 4 rings (SSSR count). The van der Waals surface area contributed by atoms with Crippen LogP contribution >= 0.6 is 0 Å². The van der Waals surface area contributed by atoms with E-state index in [0.29, 0.717) is 24.0 Å². The van der Waals surface area contributed by atoms with E-state index in [2.05, 4.69) is 31.7 Å². The van der Waals surface area contributed by atoms with Crippen LogP contribution in [0.5, 0.6) is 5.75 Å². The Morgan fingerprint density at radius 2 is 1.87 bits per heavy atom. The molecule has 2 amide bonds. The van der Waals surface area contributed by atoms with Gasteiger partial charge in [0.25, 0.3) is 0 Å². The van der Waals surface area contributed by atoms with Crippen LogP contribution in [-0.2, 0) is 21.4 Å². The van der Waals surface area contributed by atoms with Crippen LogP contribution in [0.1, 0.15) is 76.8 Å². The molecule has 1 aliphatic heterocycles. The third-order valence-corrected chi connectivity index (χ3v) is 8.91. The lowest BCUT2D eigenvalue weighted by molar-refractivity contribution is -0.149. The third kappa shape index (κ3) is 3.30. The van der Waals surface area contributed by atoms with Gasteiger partial charge < -0.3 is 15.7 Å². The Balaban J connectivity index is 1.51. The Kier molecular flexibility index (Phi) is 5.36. The van der Waals surface area contributed by atoms with Gasteiger partial charge in [-0.2, -0.15) is 0 Å². The molecular weight excluding hydrogens is 376 g/mol. The molecule has 3 aliphatic rings. The van der Waals surface area contributed by atoms with Crippen LogP contribution in [0.15, 0.2) is 18.2 Å². The number of nitrogens with two attached hydrogens (primary N) is 1. The van der Waals surface area contributed by atoms with Gasteiger partial charge in [0, 0.05) is 30.3 Å². The Labute approximate surface area is 180 Å². The van der Waals surface area contributed by atoms with Crippen molar-refractivity contribution in [1.82, 2.24) is 4.90 Å². The molecule has 2 atom stereocenters. The molecular formula is C25H36N2O3. The van der Waals surface area contributed by atoms with Crippen LogP contribution in [0, 0.1) is 17.3 Å². The van der Waals surface area contributed by atoms with Crippen molar-refractivity contribution in [3.63, 3.8) is 0 Å². The van der Waals surface area contributed by atoms with Crippen molar-refractivity contribution in [2.75, 3.05) is 6.54 Å². The first-order chi connectivity index (χ1) is 14.1. The van der Waals surface area contributed by atoms with Crippen LogP contribution in [0.3, 0.4) is 0 Å². The summed E-state index contributed by atoms with van der Waals surface area (Å²) in [5.41, 5.74) is 7.47. The summed E-state index contributed by atoms with van der Waals surface area (Å²) in [7, 11) is 0. The summed E-state index contributed by atoms with van der Waals surface area (Å²) in [5, 5.41) is 10.6. The molecule has 2 aliphatic carbocycles. The SMILES string of the molecule is CC1(C)[C@H]2Cc3c(O)cccc3[C@]1(C)CCN2C(=O)C1CCC(CCC(N)=O)CC1. The molecule has 5 nitrogen and oxygen atoms in total. The number of aromatic hydroxyl groups is 1. The maximum atomic E-state index is 13.6. The van der Waals surface area contributed by atoms with Gasteiger partial charge in [-0.25, -0.2) is 0 Å². The Bertz CT molecular complexity index is 841. The average Bonchev–Trinajstić information content (AvgIpc) is 2.70. The number of carbonyl (C=O) groups is 2. The molecule has 1 aromatic rings. The van der Waals surface area contributed by atoms with Gasteiger partial charge in [-0.1, -0.05) is 32.9 Å². The highest BCUT2D eigenvalue weighted by molar-refractivity contribution is 5.80. The molecule has 0 radical (unpaired) electrons. The van der Waals surface area contributed by atoms with Gasteiger partial charge in [-0.05, 0) is 73.5 Å². The van der Waals surface area contributed by atoms with Crippen molar-refractivity contribution in [3.8, 4) is 5.75 Å². The summed E-state index contributed by atoms with van der Waals surface area (Å²) in [5.74, 6) is 1.03. The molecule has 30 heavy (non-hydrogen) atoms. The van der Waals surface area contributed by atoms with Gasteiger partial charge in [0.2, 0.25) is 11.8 Å². The molecule has 1 saturated carbocycles. The second kappa shape index (κ2) is 7.58. The number of nitrogens with zero attached hydrogens (tertiary/aromatic N) is 1. The average molecular weight is 413 g/mol. The Morgan fingerprint density at radius 1 is 1.17 bits per heavy atom. The molecule has 1 aromatic carbocycles. The lowest BCUT2D eigenvalue weighted by Gasteiger charge is -2.61. The van der Waals surface area contributed by atoms with E-state index in [9.17, 15) is 14.7 Å². The predicted octanol–water partition coefficient (Wildman–Crippen LogP) is 3.91. The quantitative estimate of drug-likeness (QED) is 0.786. The molecule has 5 heteroatoms. The highest BCUT2D eigenvalue weighted by atomic mass is 16.3. The van der Waals surface area contributed by atoms with Crippen LogP contribution < -0.4 is 5.73 Å². The maximum absolute atomic E-state index is 13.6. The van der Waals surface area contributed by atoms with E-state index in [4.69, 9.17) is 5.73 Å². The lowest BCUT2D eigenvalue weighted by atomic mass is 9.51. The third-order valence-electron chi connectivity index (χ3n) is 8.91. The number of rotatable bonds is 4. The fourth-order valence-electron chi connectivity index (χ4n) is 6.47. The highest BCUT2D eigenvalue weighted by Crippen LogP contribution is 2.57. The zero-order valence-corrected chi connectivity index (χ0v) is 18.6. The first-order valence-corrected chi connectivity index (χ1v) is 11.6. The van der Waals surface area contributed by atoms with Crippen LogP contribution in [0.2, 0.25) is 0 Å². The van der Waals surface area contributed by atoms with Gasteiger partial charge >= 0.3 is 0 Å². The zero-order valence-electron chi connectivity index (χ0n) is 18.6. The number of benzene rings is 1. The van der Waals surface area contributed by atoms with Crippen molar-refractivity contribution >= 4 is 11.8 Å². The van der Waals surface area contributed by atoms with E-state index in [1.54, 1.807) is 6.07 Å². The van der Waals surface area contributed by atoms with E-state index in [-0.39, 0.29) is 28.7 Å². The van der Waals surface area contributed by atoms with Gasteiger partial charge in [-0.15, -0.1) is 0 Å². The molecule has 3 N–H and O–H groups in total. The minimum atomic E-state index is -0.229. The molecule has 164 valence electrons. The summed E-state index contributed by atoms with van der Waals surface area (Å²) in [6, 6.07) is 6.00. The fourth-order valence-corrected chi connectivity index (χ4v) is 6.47. The number of hydrogen-bond acceptors (Lipinski definition) is 3. The standard InChI is InChI=1S/C25H36N2O3/c1-24(2)21-15-18-19(5-4-6-20(18)28)25(24,3)13-14-27(21)23(30)17-10-7-16(8-11-17)9-12-22(26)29/h4-6,16-17,21,28H,7-15H2,1-3H3,(H2,26,29)/t16?,17?,21-,25+/m1/s1. The first kappa shape index (κ1) is 21.2. The minimum Gasteiger partial charge on any atom is -0.508 e. The van der Waals surface area contributed by atoms with Crippen LogP contribution in [0.4, 0.5) is 0 Å². The first-order valence-electron chi connectivity index (χ1n) is 11.6. The smallest absolute Gasteiger partial charge is 0.225 e. The normalized spacial score (nSPS) is 32.4. The van der Waals surface area contributed by atoms with E-state index < -0.39 is 0 Å². The number of phenolic OH excluding ortho intramolecular Hbond substituents is 1. The number of likely N-dealkylation sites (tertiary alicyclic amines) is 1. The lowest BCUT2D eigenvalue weighted by Crippen LogP contribution is -2.65. The van der Waals surface area contributed by atoms with Crippen molar-refractivity contribution in [3.05, 3.63) is 29.3 Å². The topological polar surface area (TPSA) is 83.6 Å². The monoisotopic (exact) mass is 412 g/mol. The molecule has 1 heterocycles. The summed E-state index contributed by atoms with van der Waals surface area (Å²) in [6.07, 6.45) is 6.78. The largest absolute Gasteiger partial charge is 0.508 e. The molecule has 1 saturated heterocycles. The highest BCUT2D eigenvalue weighted by Gasteiger charge is 2.57. The number of amides is 2. The fraction of sp³-hybridized carbons (Fsp3) is 0.680. The van der Waals surface area contributed by atoms with Gasteiger partial charge in [-0.3, -0.25) is 9.59 Å². The zero-order chi connectivity index (χ0) is 21.7. The van der Waals surface area contributed by atoms with Crippen molar-refractivity contribution < 1.29 is 14.7 Å². The van der Waals surface area contributed by atoms with Gasteiger partial charge in [0.15, 0.2) is 0 Å². The minimum absolute atomic E-state index is 0.0484. The predicted molar refractivity (Wildman–Crippen MR) is 117 cm³/mol. The molecule has 0 aromatic heterocycles. The van der Waals surface area contributed by atoms with E-state index >= 15 is 0 Å². The number of piperidine rings is 1. The summed E-state index contributed by atoms with van der Waals surface area (Å²) >= 11 is 0. The maximum Gasteiger partial charge on any atom is 0.225 e. The van der Waals surface area contributed by atoms with E-state index in [0.717, 1.165) is 57.1 Å². The Hall–Kier alpha value is -2.04. The number of fused-ring (bicyclic) bond motifs is 4. The Morgan fingerprint density at radius 3 is 2.53 bits per heavy atom. The van der Waals surface area contributed by atoms with Gasteiger partial charge in [0.1, 0.15) is 5.75 Å². The van der Waals surface area contributed by atoms with Crippen molar-refractivity contribution in [2.45, 2.75) is 83.6 Å². The van der Waals surface area contributed by atoms with Crippen molar-refractivity contribution in [2.24, 2.45) is 23.0 Å². The summed E-state index contributed by atoms with van der Waals surface area (Å²) < 4.78 is 0. The molecule has 0 spiro atoms. The number of carbonyl (C=O) groups excluding carboxylic acids is 2. The van der Waals surface area contributed by atoms with E-state index in [1.165, 1.54) is 5.56 Å². The van der Waals surface area contributed by atoms with Crippen molar-refractivity contribution in [1.29, 1.82) is 0 Å².